The molecule has 1 rings (SSSR count). The number of benzene rings is 1. The van der Waals surface area contributed by atoms with Crippen molar-refractivity contribution in [2.24, 2.45) is 11.7 Å². The van der Waals surface area contributed by atoms with Crippen LogP contribution in [0.1, 0.15) is 20.3 Å². The van der Waals surface area contributed by atoms with Gasteiger partial charge in [0, 0.05) is 28.3 Å². The SMILES string of the molecule is CC(C)CC(N)C(CO)Sc1ccc([N+](=O)[O-])cc1. The summed E-state index contributed by atoms with van der Waals surface area (Å²) in [6.45, 7) is 4.17. The first-order valence-electron chi connectivity index (χ1n) is 6.21. The molecule has 0 bridgehead atoms. The summed E-state index contributed by atoms with van der Waals surface area (Å²) in [6.07, 6.45) is 0.839. The van der Waals surface area contributed by atoms with Crippen LogP contribution in [0.2, 0.25) is 0 Å². The summed E-state index contributed by atoms with van der Waals surface area (Å²) in [5.41, 5.74) is 6.13. The van der Waals surface area contributed by atoms with Crippen LogP contribution >= 0.6 is 11.8 Å². The molecule has 0 amide bonds. The van der Waals surface area contributed by atoms with Gasteiger partial charge >= 0.3 is 0 Å². The van der Waals surface area contributed by atoms with E-state index in [0.717, 1.165) is 11.3 Å². The van der Waals surface area contributed by atoms with Crippen LogP contribution in [0.3, 0.4) is 0 Å². The number of rotatable bonds is 7. The predicted octanol–water partition coefficient (Wildman–Crippen LogP) is 2.42. The molecule has 2 unspecified atom stereocenters. The molecule has 0 fully saturated rings. The zero-order chi connectivity index (χ0) is 14.4. The Balaban J connectivity index is 2.67. The highest BCUT2D eigenvalue weighted by Gasteiger charge is 2.19. The van der Waals surface area contributed by atoms with Gasteiger partial charge in [0.25, 0.3) is 5.69 Å². The summed E-state index contributed by atoms with van der Waals surface area (Å²) in [4.78, 5) is 11.0. The van der Waals surface area contributed by atoms with Crippen molar-refractivity contribution < 1.29 is 10.0 Å². The minimum Gasteiger partial charge on any atom is -0.395 e. The lowest BCUT2D eigenvalue weighted by atomic mass is 10.0. The molecule has 0 saturated carbocycles. The summed E-state index contributed by atoms with van der Waals surface area (Å²) in [5, 5.41) is 19.9. The molecule has 5 nitrogen and oxygen atoms in total. The molecule has 0 spiro atoms. The first-order valence-corrected chi connectivity index (χ1v) is 7.09. The molecule has 1 aromatic rings. The van der Waals surface area contributed by atoms with Crippen molar-refractivity contribution in [2.75, 3.05) is 6.61 Å². The van der Waals surface area contributed by atoms with E-state index in [1.54, 1.807) is 12.1 Å². The molecule has 19 heavy (non-hydrogen) atoms. The predicted molar refractivity (Wildman–Crippen MR) is 77.3 cm³/mol. The van der Waals surface area contributed by atoms with Gasteiger partial charge in [0.05, 0.1) is 11.5 Å². The van der Waals surface area contributed by atoms with Crippen molar-refractivity contribution >= 4 is 17.4 Å². The fourth-order valence-corrected chi connectivity index (χ4v) is 2.78. The van der Waals surface area contributed by atoms with Crippen LogP contribution < -0.4 is 5.73 Å². The third-order valence-corrected chi connectivity index (χ3v) is 4.08. The van der Waals surface area contributed by atoms with Crippen molar-refractivity contribution in [1.29, 1.82) is 0 Å². The molecule has 6 heteroatoms. The van der Waals surface area contributed by atoms with E-state index in [1.165, 1.54) is 23.9 Å². The lowest BCUT2D eigenvalue weighted by molar-refractivity contribution is -0.384. The van der Waals surface area contributed by atoms with Gasteiger partial charge in [-0.25, -0.2) is 0 Å². The maximum absolute atomic E-state index is 10.6. The number of aliphatic hydroxyl groups is 1. The Labute approximate surface area is 117 Å². The molecule has 2 atom stereocenters. The Bertz CT molecular complexity index is 409. The molecule has 0 heterocycles. The normalized spacial score (nSPS) is 14.4. The van der Waals surface area contributed by atoms with E-state index < -0.39 is 4.92 Å². The van der Waals surface area contributed by atoms with Crippen molar-refractivity contribution in [3.05, 3.63) is 34.4 Å². The summed E-state index contributed by atoms with van der Waals surface area (Å²) in [7, 11) is 0. The fraction of sp³-hybridized carbons (Fsp3) is 0.538. The molecule has 1 aromatic carbocycles. The first-order chi connectivity index (χ1) is 8.93. The van der Waals surface area contributed by atoms with E-state index in [9.17, 15) is 15.2 Å². The second kappa shape index (κ2) is 7.47. The number of nitrogens with zero attached hydrogens (tertiary/aromatic N) is 1. The van der Waals surface area contributed by atoms with Crippen LogP contribution in [0.15, 0.2) is 29.2 Å². The monoisotopic (exact) mass is 284 g/mol. The number of nitro benzene ring substituents is 1. The lowest BCUT2D eigenvalue weighted by Gasteiger charge is -2.23. The standard InChI is InChI=1S/C13H20N2O3S/c1-9(2)7-12(14)13(8-16)19-11-5-3-10(4-6-11)15(17)18/h3-6,9,12-13,16H,7-8,14H2,1-2H3. The van der Waals surface area contributed by atoms with Gasteiger partial charge in [-0.2, -0.15) is 0 Å². The zero-order valence-corrected chi connectivity index (χ0v) is 12.0. The van der Waals surface area contributed by atoms with E-state index in [4.69, 9.17) is 5.73 Å². The van der Waals surface area contributed by atoms with Gasteiger partial charge in [-0.3, -0.25) is 10.1 Å². The Morgan fingerprint density at radius 3 is 2.37 bits per heavy atom. The molecule has 0 aliphatic rings. The van der Waals surface area contributed by atoms with Gasteiger partial charge in [-0.05, 0) is 24.5 Å². The Morgan fingerprint density at radius 1 is 1.37 bits per heavy atom. The van der Waals surface area contributed by atoms with E-state index in [0.29, 0.717) is 5.92 Å². The Hall–Kier alpha value is -1.11. The second-order valence-electron chi connectivity index (χ2n) is 4.88. The molecular weight excluding hydrogens is 264 g/mol. The number of nitrogens with two attached hydrogens (primary N) is 1. The molecule has 0 saturated heterocycles. The molecule has 106 valence electrons. The number of hydrogen-bond acceptors (Lipinski definition) is 5. The Kier molecular flexibility index (Phi) is 6.27. The fourth-order valence-electron chi connectivity index (χ4n) is 1.78. The van der Waals surface area contributed by atoms with Gasteiger partial charge in [0.2, 0.25) is 0 Å². The summed E-state index contributed by atoms with van der Waals surface area (Å²) >= 11 is 1.46. The number of thioether (sulfide) groups is 1. The van der Waals surface area contributed by atoms with E-state index in [2.05, 4.69) is 13.8 Å². The maximum Gasteiger partial charge on any atom is 0.269 e. The van der Waals surface area contributed by atoms with E-state index in [-0.39, 0.29) is 23.6 Å². The van der Waals surface area contributed by atoms with E-state index in [1.807, 2.05) is 0 Å². The summed E-state index contributed by atoms with van der Waals surface area (Å²) in [6, 6.07) is 6.21. The van der Waals surface area contributed by atoms with Crippen molar-refractivity contribution in [1.82, 2.24) is 0 Å². The molecular formula is C13H20N2O3S. The quantitative estimate of drug-likeness (QED) is 0.456. The van der Waals surface area contributed by atoms with Crippen LogP contribution in [-0.2, 0) is 0 Å². The highest BCUT2D eigenvalue weighted by atomic mass is 32.2. The topological polar surface area (TPSA) is 89.4 Å². The van der Waals surface area contributed by atoms with Crippen molar-refractivity contribution in [3.63, 3.8) is 0 Å². The van der Waals surface area contributed by atoms with Crippen LogP contribution in [0, 0.1) is 16.0 Å². The van der Waals surface area contributed by atoms with Gasteiger partial charge in [0.1, 0.15) is 0 Å². The van der Waals surface area contributed by atoms with Crippen LogP contribution in [-0.4, -0.2) is 27.9 Å². The first kappa shape index (κ1) is 15.9. The number of aliphatic hydroxyl groups excluding tert-OH is 1. The van der Waals surface area contributed by atoms with Crippen molar-refractivity contribution in [3.8, 4) is 0 Å². The average molecular weight is 284 g/mol. The second-order valence-corrected chi connectivity index (χ2v) is 6.20. The van der Waals surface area contributed by atoms with Crippen LogP contribution in [0.5, 0.6) is 0 Å². The Morgan fingerprint density at radius 2 is 1.95 bits per heavy atom. The largest absolute Gasteiger partial charge is 0.395 e. The number of non-ortho nitro benzene ring substituents is 1. The van der Waals surface area contributed by atoms with Gasteiger partial charge in [-0.1, -0.05) is 13.8 Å². The summed E-state index contributed by atoms with van der Waals surface area (Å²) in [5.74, 6) is 0.474. The molecule has 0 aromatic heterocycles. The number of nitro groups is 1. The number of hydrogen-bond donors (Lipinski definition) is 2. The average Bonchev–Trinajstić information content (AvgIpc) is 2.35. The van der Waals surface area contributed by atoms with Gasteiger partial charge in [0.15, 0.2) is 0 Å². The smallest absolute Gasteiger partial charge is 0.269 e. The van der Waals surface area contributed by atoms with Gasteiger partial charge < -0.3 is 10.8 Å². The molecule has 0 radical (unpaired) electrons. The molecule has 0 aliphatic carbocycles. The molecule has 0 aliphatic heterocycles. The highest BCUT2D eigenvalue weighted by molar-refractivity contribution is 8.00. The van der Waals surface area contributed by atoms with Crippen molar-refractivity contribution in [2.45, 2.75) is 36.5 Å². The van der Waals surface area contributed by atoms with E-state index >= 15 is 0 Å². The van der Waals surface area contributed by atoms with Crippen LogP contribution in [0.4, 0.5) is 5.69 Å². The lowest BCUT2D eigenvalue weighted by Crippen LogP contribution is -2.36. The molecule has 3 N–H and O–H groups in total. The third kappa shape index (κ3) is 5.18. The third-order valence-electron chi connectivity index (χ3n) is 2.74. The van der Waals surface area contributed by atoms with Crippen LogP contribution in [0.25, 0.3) is 0 Å². The summed E-state index contributed by atoms with van der Waals surface area (Å²) < 4.78 is 0. The minimum absolute atomic E-state index is 0.00442. The zero-order valence-electron chi connectivity index (χ0n) is 11.2. The maximum atomic E-state index is 10.6. The minimum atomic E-state index is -0.428. The van der Waals surface area contributed by atoms with Gasteiger partial charge in [-0.15, -0.1) is 11.8 Å². The highest BCUT2D eigenvalue weighted by Crippen LogP contribution is 2.28.